The molecule has 3 aromatic carbocycles. The number of morpholine rings is 1. The van der Waals surface area contributed by atoms with Crippen molar-refractivity contribution in [2.24, 2.45) is 0 Å². The number of hydrogen-bond acceptors (Lipinski definition) is 5. The van der Waals surface area contributed by atoms with Crippen LogP contribution in [-0.2, 0) is 16.1 Å². The fraction of sp³-hybridized carbons (Fsp3) is 0.296. The quantitative estimate of drug-likeness (QED) is 0.513. The average Bonchev–Trinajstić information content (AvgIpc) is 2.88. The smallest absolute Gasteiger partial charge is 0.266 e. The van der Waals surface area contributed by atoms with Gasteiger partial charge in [0.05, 0.1) is 13.2 Å². The molecule has 1 fully saturated rings. The molecule has 0 radical (unpaired) electrons. The van der Waals surface area contributed by atoms with Gasteiger partial charge in [-0.3, -0.25) is 9.69 Å². The molecule has 0 spiro atoms. The monoisotopic (exact) mass is 446 g/mol. The van der Waals surface area contributed by atoms with E-state index in [0.29, 0.717) is 18.9 Å². The lowest BCUT2D eigenvalue weighted by molar-refractivity contribution is -0.128. The lowest BCUT2D eigenvalue weighted by Gasteiger charge is -2.26. The van der Waals surface area contributed by atoms with E-state index in [1.54, 1.807) is 0 Å². The van der Waals surface area contributed by atoms with Gasteiger partial charge in [0.25, 0.3) is 5.91 Å². The van der Waals surface area contributed by atoms with Gasteiger partial charge in [-0.1, -0.05) is 60.7 Å². The Kier molecular flexibility index (Phi) is 8.33. The number of amides is 1. The number of ether oxygens (including phenoxy) is 3. The summed E-state index contributed by atoms with van der Waals surface area (Å²) in [5.41, 5.74) is 1.78. The first-order chi connectivity index (χ1) is 16.3. The van der Waals surface area contributed by atoms with Gasteiger partial charge in [0.2, 0.25) is 6.10 Å². The zero-order valence-electron chi connectivity index (χ0n) is 18.7. The van der Waals surface area contributed by atoms with Crippen LogP contribution in [0.1, 0.15) is 17.2 Å². The predicted molar refractivity (Wildman–Crippen MR) is 127 cm³/mol. The van der Waals surface area contributed by atoms with Gasteiger partial charge in [-0.2, -0.15) is 0 Å². The van der Waals surface area contributed by atoms with Gasteiger partial charge in [-0.15, -0.1) is 0 Å². The summed E-state index contributed by atoms with van der Waals surface area (Å²) < 4.78 is 17.3. The van der Waals surface area contributed by atoms with Crippen LogP contribution in [-0.4, -0.2) is 50.3 Å². The SMILES string of the molecule is O=C(NCc1cccc(OCCN2CCOCC2)c1)C(Oc1ccccc1)c1ccccc1. The Bertz CT molecular complexity index is 991. The molecule has 1 atom stereocenters. The van der Waals surface area contributed by atoms with E-state index >= 15 is 0 Å². The van der Waals surface area contributed by atoms with E-state index in [-0.39, 0.29) is 5.91 Å². The van der Waals surface area contributed by atoms with Crippen LogP contribution in [0.2, 0.25) is 0 Å². The number of hydrogen-bond donors (Lipinski definition) is 1. The van der Waals surface area contributed by atoms with E-state index in [0.717, 1.165) is 49.7 Å². The van der Waals surface area contributed by atoms with Gasteiger partial charge in [0, 0.05) is 31.7 Å². The molecule has 6 heteroatoms. The highest BCUT2D eigenvalue weighted by Crippen LogP contribution is 2.22. The number of carbonyl (C=O) groups is 1. The minimum Gasteiger partial charge on any atom is -0.492 e. The second kappa shape index (κ2) is 12.0. The topological polar surface area (TPSA) is 60.0 Å². The fourth-order valence-corrected chi connectivity index (χ4v) is 3.68. The number of nitrogens with zero attached hydrogens (tertiary/aromatic N) is 1. The highest BCUT2D eigenvalue weighted by molar-refractivity contribution is 5.82. The molecule has 1 heterocycles. The summed E-state index contributed by atoms with van der Waals surface area (Å²) in [6.07, 6.45) is -0.735. The maximum Gasteiger partial charge on any atom is 0.266 e. The maximum atomic E-state index is 13.1. The summed E-state index contributed by atoms with van der Waals surface area (Å²) in [5, 5.41) is 3.01. The van der Waals surface area contributed by atoms with Gasteiger partial charge < -0.3 is 19.5 Å². The summed E-state index contributed by atoms with van der Waals surface area (Å²) in [7, 11) is 0. The minimum atomic E-state index is -0.735. The van der Waals surface area contributed by atoms with E-state index in [1.165, 1.54) is 0 Å². The highest BCUT2D eigenvalue weighted by Gasteiger charge is 2.22. The summed E-state index contributed by atoms with van der Waals surface area (Å²) in [5.74, 6) is 1.26. The van der Waals surface area contributed by atoms with Crippen LogP contribution in [0, 0.1) is 0 Å². The molecule has 0 saturated carbocycles. The van der Waals surface area contributed by atoms with E-state index in [2.05, 4.69) is 10.2 Å². The third-order valence-electron chi connectivity index (χ3n) is 5.48. The molecule has 0 aliphatic carbocycles. The van der Waals surface area contributed by atoms with Gasteiger partial charge in [0.15, 0.2) is 0 Å². The van der Waals surface area contributed by atoms with Gasteiger partial charge >= 0.3 is 0 Å². The molecule has 33 heavy (non-hydrogen) atoms. The standard InChI is InChI=1S/C27H30N2O4/c30-27(26(23-9-3-1-4-10-23)33-24-11-5-2-6-12-24)28-21-22-8-7-13-25(20-22)32-19-16-29-14-17-31-18-15-29/h1-13,20,26H,14-19,21H2,(H,28,30). The van der Waals surface area contributed by atoms with Gasteiger partial charge in [-0.25, -0.2) is 0 Å². The predicted octanol–water partition coefficient (Wildman–Crippen LogP) is 3.83. The molecule has 6 nitrogen and oxygen atoms in total. The Balaban J connectivity index is 1.33. The van der Waals surface area contributed by atoms with Crippen molar-refractivity contribution in [2.45, 2.75) is 12.6 Å². The van der Waals surface area contributed by atoms with E-state index < -0.39 is 6.10 Å². The van der Waals surface area contributed by atoms with Crippen molar-refractivity contribution >= 4 is 5.91 Å². The molecule has 172 valence electrons. The van der Waals surface area contributed by atoms with Gasteiger partial charge in [-0.05, 0) is 29.8 Å². The zero-order valence-corrected chi connectivity index (χ0v) is 18.7. The Labute approximate surface area is 195 Å². The van der Waals surface area contributed by atoms with E-state index in [9.17, 15) is 4.79 Å². The minimum absolute atomic E-state index is 0.191. The van der Waals surface area contributed by atoms with Crippen LogP contribution in [0.15, 0.2) is 84.9 Å². The third kappa shape index (κ3) is 7.07. The fourth-order valence-electron chi connectivity index (χ4n) is 3.68. The number of para-hydroxylation sites is 1. The lowest BCUT2D eigenvalue weighted by Crippen LogP contribution is -2.38. The molecule has 1 aliphatic heterocycles. The molecule has 1 aliphatic rings. The second-order valence-electron chi connectivity index (χ2n) is 7.89. The molecule has 4 rings (SSSR count). The Morgan fingerprint density at radius 3 is 2.36 bits per heavy atom. The van der Waals surface area contributed by atoms with Crippen molar-refractivity contribution in [3.8, 4) is 11.5 Å². The molecular formula is C27H30N2O4. The number of nitrogens with one attached hydrogen (secondary N) is 1. The van der Waals surface area contributed by atoms with E-state index in [4.69, 9.17) is 14.2 Å². The van der Waals surface area contributed by atoms with Gasteiger partial charge in [0.1, 0.15) is 18.1 Å². The van der Waals surface area contributed by atoms with E-state index in [1.807, 2.05) is 84.9 Å². The van der Waals surface area contributed by atoms with Crippen molar-refractivity contribution in [1.29, 1.82) is 0 Å². The average molecular weight is 447 g/mol. The van der Waals surface area contributed by atoms with Crippen molar-refractivity contribution in [2.75, 3.05) is 39.5 Å². The van der Waals surface area contributed by atoms with Crippen LogP contribution in [0.25, 0.3) is 0 Å². The van der Waals surface area contributed by atoms with Crippen LogP contribution in [0.3, 0.4) is 0 Å². The van der Waals surface area contributed by atoms with Crippen molar-refractivity contribution < 1.29 is 19.0 Å². The van der Waals surface area contributed by atoms with Crippen LogP contribution >= 0.6 is 0 Å². The molecule has 1 unspecified atom stereocenters. The summed E-state index contributed by atoms with van der Waals surface area (Å²) in [4.78, 5) is 15.4. The summed E-state index contributed by atoms with van der Waals surface area (Å²) in [6.45, 7) is 5.35. The van der Waals surface area contributed by atoms with Crippen molar-refractivity contribution in [3.63, 3.8) is 0 Å². The molecule has 0 aromatic heterocycles. The number of carbonyl (C=O) groups excluding carboxylic acids is 1. The van der Waals surface area contributed by atoms with Crippen LogP contribution in [0.5, 0.6) is 11.5 Å². The molecule has 1 saturated heterocycles. The number of benzene rings is 3. The zero-order chi connectivity index (χ0) is 22.7. The van der Waals surface area contributed by atoms with Crippen LogP contribution < -0.4 is 14.8 Å². The third-order valence-corrected chi connectivity index (χ3v) is 5.48. The van der Waals surface area contributed by atoms with Crippen molar-refractivity contribution in [1.82, 2.24) is 10.2 Å². The summed E-state index contributed by atoms with van der Waals surface area (Å²) in [6, 6.07) is 26.7. The Hall–Kier alpha value is -3.35. The second-order valence-corrected chi connectivity index (χ2v) is 7.89. The first kappa shape index (κ1) is 22.8. The Morgan fingerprint density at radius 1 is 0.909 bits per heavy atom. The molecular weight excluding hydrogens is 416 g/mol. The molecule has 1 N–H and O–H groups in total. The highest BCUT2D eigenvalue weighted by atomic mass is 16.5. The number of rotatable bonds is 10. The first-order valence-electron chi connectivity index (χ1n) is 11.3. The maximum absolute atomic E-state index is 13.1. The molecule has 3 aromatic rings. The molecule has 1 amide bonds. The lowest BCUT2D eigenvalue weighted by atomic mass is 10.1. The summed E-state index contributed by atoms with van der Waals surface area (Å²) >= 11 is 0. The van der Waals surface area contributed by atoms with Crippen LogP contribution in [0.4, 0.5) is 0 Å². The van der Waals surface area contributed by atoms with Crippen molar-refractivity contribution in [3.05, 3.63) is 96.1 Å². The Morgan fingerprint density at radius 2 is 1.61 bits per heavy atom. The molecule has 0 bridgehead atoms. The normalized spacial score (nSPS) is 14.9. The first-order valence-corrected chi connectivity index (χ1v) is 11.3. The largest absolute Gasteiger partial charge is 0.492 e.